The number of rotatable bonds is 4. The Hall–Kier alpha value is -1.33. The predicted octanol–water partition coefficient (Wildman–Crippen LogP) is 2.26. The maximum atomic E-state index is 5.80. The molecule has 0 aliphatic carbocycles. The summed E-state index contributed by atoms with van der Waals surface area (Å²) in [5, 5.41) is 4.08. The highest BCUT2D eigenvalue weighted by Crippen LogP contribution is 2.27. The van der Waals surface area contributed by atoms with E-state index in [1.54, 1.807) is 6.07 Å². The maximum absolute atomic E-state index is 5.80. The lowest BCUT2D eigenvalue weighted by Crippen LogP contribution is -2.21. The minimum absolute atomic E-state index is 0.0465. The summed E-state index contributed by atoms with van der Waals surface area (Å²) in [6, 6.07) is 1.73. The molecule has 16 heavy (non-hydrogen) atoms. The third-order valence-electron chi connectivity index (χ3n) is 2.29. The normalized spacial score (nSPS) is 12.9. The van der Waals surface area contributed by atoms with E-state index in [2.05, 4.69) is 10.1 Å². The van der Waals surface area contributed by atoms with E-state index in [1.165, 1.54) is 6.26 Å². The first-order valence-electron chi connectivity index (χ1n) is 5.02. The molecule has 1 unspecified atom stereocenters. The Kier molecular flexibility index (Phi) is 3.26. The summed E-state index contributed by atoms with van der Waals surface area (Å²) in [5.74, 6) is 0.943. The molecule has 6 heteroatoms. The van der Waals surface area contributed by atoms with Gasteiger partial charge in [-0.25, -0.2) is 0 Å². The monoisotopic (exact) mass is 241 g/mol. The van der Waals surface area contributed by atoms with Crippen LogP contribution in [-0.4, -0.2) is 16.2 Å². The molecule has 1 atom stereocenters. The summed E-state index contributed by atoms with van der Waals surface area (Å²) < 4.78 is 10.0. The van der Waals surface area contributed by atoms with Gasteiger partial charge >= 0.3 is 0 Å². The average molecular weight is 242 g/mol. The highest BCUT2D eigenvalue weighted by Gasteiger charge is 2.15. The zero-order valence-corrected chi connectivity index (χ0v) is 9.57. The van der Waals surface area contributed by atoms with Crippen molar-refractivity contribution in [1.29, 1.82) is 0 Å². The van der Waals surface area contributed by atoms with Crippen LogP contribution in [0.3, 0.4) is 0 Å². The lowest BCUT2D eigenvalue weighted by molar-refractivity contribution is 0.418. The molecule has 0 fully saturated rings. The topological polar surface area (TPSA) is 78.1 Å². The Labute approximate surface area is 97.6 Å². The van der Waals surface area contributed by atoms with E-state index in [0.717, 1.165) is 6.42 Å². The molecule has 2 heterocycles. The van der Waals surface area contributed by atoms with Crippen molar-refractivity contribution >= 4 is 11.6 Å². The summed E-state index contributed by atoms with van der Waals surface area (Å²) in [7, 11) is 0. The summed E-state index contributed by atoms with van der Waals surface area (Å²) in [6.45, 7) is 2.01. The largest absolute Gasteiger partial charge is 0.452 e. The first-order chi connectivity index (χ1) is 7.70. The SMILES string of the molecule is CCC(N)Cc1noc(-c2ccoc2Cl)n1. The molecule has 0 aliphatic rings. The van der Waals surface area contributed by atoms with Crippen LogP contribution in [0.2, 0.25) is 5.22 Å². The molecular weight excluding hydrogens is 230 g/mol. The van der Waals surface area contributed by atoms with Crippen molar-refractivity contribution in [2.24, 2.45) is 5.73 Å². The fourth-order valence-corrected chi connectivity index (χ4v) is 1.47. The molecule has 0 aliphatic heterocycles. The number of nitrogens with two attached hydrogens (primary N) is 1. The Bertz CT molecular complexity index is 466. The second kappa shape index (κ2) is 4.67. The van der Waals surface area contributed by atoms with Crippen molar-refractivity contribution in [3.63, 3.8) is 0 Å². The zero-order valence-electron chi connectivity index (χ0n) is 8.81. The van der Waals surface area contributed by atoms with Gasteiger partial charge in [-0.2, -0.15) is 4.98 Å². The van der Waals surface area contributed by atoms with Crippen LogP contribution in [0.25, 0.3) is 11.5 Å². The molecule has 86 valence electrons. The molecule has 2 aromatic rings. The molecule has 0 amide bonds. The predicted molar refractivity (Wildman–Crippen MR) is 59.0 cm³/mol. The van der Waals surface area contributed by atoms with Gasteiger partial charge in [0.1, 0.15) is 0 Å². The molecule has 0 aromatic carbocycles. The molecule has 0 saturated heterocycles. The average Bonchev–Trinajstić information content (AvgIpc) is 2.86. The molecule has 0 radical (unpaired) electrons. The molecular formula is C10H12ClN3O2. The third-order valence-corrected chi connectivity index (χ3v) is 2.58. The van der Waals surface area contributed by atoms with Crippen molar-refractivity contribution in [2.45, 2.75) is 25.8 Å². The van der Waals surface area contributed by atoms with Gasteiger partial charge in [-0.1, -0.05) is 12.1 Å². The Morgan fingerprint density at radius 1 is 1.56 bits per heavy atom. The second-order valence-corrected chi connectivity index (χ2v) is 3.84. The second-order valence-electron chi connectivity index (χ2n) is 3.50. The van der Waals surface area contributed by atoms with Gasteiger partial charge in [0.05, 0.1) is 11.8 Å². The van der Waals surface area contributed by atoms with Crippen molar-refractivity contribution in [3.8, 4) is 11.5 Å². The smallest absolute Gasteiger partial charge is 0.262 e. The van der Waals surface area contributed by atoms with Gasteiger partial charge in [-0.15, -0.1) is 0 Å². The van der Waals surface area contributed by atoms with E-state index in [9.17, 15) is 0 Å². The van der Waals surface area contributed by atoms with E-state index in [1.807, 2.05) is 6.92 Å². The van der Waals surface area contributed by atoms with Gasteiger partial charge < -0.3 is 14.7 Å². The number of aromatic nitrogens is 2. The lowest BCUT2D eigenvalue weighted by atomic mass is 10.2. The van der Waals surface area contributed by atoms with Crippen LogP contribution in [0.4, 0.5) is 0 Å². The Balaban J connectivity index is 2.17. The van der Waals surface area contributed by atoms with E-state index in [-0.39, 0.29) is 11.3 Å². The first kappa shape index (κ1) is 11.2. The molecule has 2 rings (SSSR count). The van der Waals surface area contributed by atoms with E-state index >= 15 is 0 Å². The molecule has 0 bridgehead atoms. The molecule has 5 nitrogen and oxygen atoms in total. The number of halogens is 1. The van der Waals surface area contributed by atoms with Crippen LogP contribution in [-0.2, 0) is 6.42 Å². The van der Waals surface area contributed by atoms with Crippen LogP contribution in [0, 0.1) is 0 Å². The van der Waals surface area contributed by atoms with Crippen LogP contribution < -0.4 is 5.73 Å². The van der Waals surface area contributed by atoms with Crippen LogP contribution in [0.1, 0.15) is 19.2 Å². The highest BCUT2D eigenvalue weighted by molar-refractivity contribution is 6.31. The third kappa shape index (κ3) is 2.25. The quantitative estimate of drug-likeness (QED) is 0.888. The molecule has 0 saturated carbocycles. The summed E-state index contributed by atoms with van der Waals surface area (Å²) in [5.41, 5.74) is 6.40. The van der Waals surface area contributed by atoms with Gasteiger partial charge in [-0.3, -0.25) is 0 Å². The van der Waals surface area contributed by atoms with E-state index < -0.39 is 0 Å². The van der Waals surface area contributed by atoms with Crippen molar-refractivity contribution in [1.82, 2.24) is 10.1 Å². The standard InChI is InChI=1S/C10H12ClN3O2/c1-2-6(12)5-8-13-10(16-14-8)7-3-4-15-9(7)11/h3-4,6H,2,5,12H2,1H3. The van der Waals surface area contributed by atoms with Gasteiger partial charge in [0.2, 0.25) is 5.22 Å². The van der Waals surface area contributed by atoms with Crippen molar-refractivity contribution in [3.05, 3.63) is 23.4 Å². The fraction of sp³-hybridized carbons (Fsp3) is 0.400. The van der Waals surface area contributed by atoms with Crippen molar-refractivity contribution < 1.29 is 8.94 Å². The van der Waals surface area contributed by atoms with Crippen LogP contribution in [0.5, 0.6) is 0 Å². The van der Waals surface area contributed by atoms with Gasteiger partial charge in [0.15, 0.2) is 5.82 Å². The fourth-order valence-electron chi connectivity index (χ4n) is 1.27. The van der Waals surface area contributed by atoms with Gasteiger partial charge in [0.25, 0.3) is 5.89 Å². The van der Waals surface area contributed by atoms with E-state index in [0.29, 0.717) is 23.7 Å². The van der Waals surface area contributed by atoms with E-state index in [4.69, 9.17) is 26.3 Å². The summed E-state index contributed by atoms with van der Waals surface area (Å²) in [4.78, 5) is 4.20. The highest BCUT2D eigenvalue weighted by atomic mass is 35.5. The van der Waals surface area contributed by atoms with Crippen molar-refractivity contribution in [2.75, 3.05) is 0 Å². The van der Waals surface area contributed by atoms with Gasteiger partial charge in [-0.05, 0) is 24.1 Å². The minimum Gasteiger partial charge on any atom is -0.452 e. The number of hydrogen-bond donors (Lipinski definition) is 1. The summed E-state index contributed by atoms with van der Waals surface area (Å²) >= 11 is 5.80. The first-order valence-corrected chi connectivity index (χ1v) is 5.40. The Morgan fingerprint density at radius 2 is 2.38 bits per heavy atom. The zero-order chi connectivity index (χ0) is 11.5. The summed E-state index contributed by atoms with van der Waals surface area (Å²) in [6.07, 6.45) is 2.94. The number of nitrogens with zero attached hydrogens (tertiary/aromatic N) is 2. The molecule has 2 aromatic heterocycles. The minimum atomic E-state index is 0.0465. The number of furan rings is 1. The van der Waals surface area contributed by atoms with Gasteiger partial charge in [0, 0.05) is 12.5 Å². The number of hydrogen-bond acceptors (Lipinski definition) is 5. The Morgan fingerprint density at radius 3 is 3.00 bits per heavy atom. The van der Waals surface area contributed by atoms with Crippen LogP contribution in [0.15, 0.2) is 21.3 Å². The molecule has 0 spiro atoms. The maximum Gasteiger partial charge on any atom is 0.262 e. The lowest BCUT2D eigenvalue weighted by Gasteiger charge is -2.02. The van der Waals surface area contributed by atoms with Crippen LogP contribution >= 0.6 is 11.6 Å². The molecule has 2 N–H and O–H groups in total.